The summed E-state index contributed by atoms with van der Waals surface area (Å²) in [5, 5.41) is 6.08. The summed E-state index contributed by atoms with van der Waals surface area (Å²) in [6.07, 6.45) is 9.83. The van der Waals surface area contributed by atoms with Gasteiger partial charge in [0.2, 0.25) is 0 Å². The number of benzene rings is 2. The van der Waals surface area contributed by atoms with Crippen molar-refractivity contribution in [2.75, 3.05) is 38.2 Å². The quantitative estimate of drug-likeness (QED) is 0.121. The fourth-order valence-corrected chi connectivity index (χ4v) is 6.27. The van der Waals surface area contributed by atoms with Crippen LogP contribution in [0.5, 0.6) is 5.75 Å². The van der Waals surface area contributed by atoms with Crippen LogP contribution in [0.3, 0.4) is 0 Å². The van der Waals surface area contributed by atoms with Gasteiger partial charge in [-0.2, -0.15) is 0 Å². The van der Waals surface area contributed by atoms with Crippen LogP contribution in [0.15, 0.2) is 67.4 Å². The predicted octanol–water partition coefficient (Wildman–Crippen LogP) is 5.72. The summed E-state index contributed by atoms with van der Waals surface area (Å²) in [7, 11) is 1.90. The van der Waals surface area contributed by atoms with Gasteiger partial charge in [-0.25, -0.2) is 4.98 Å². The number of aromatic nitrogens is 3. The third-order valence-corrected chi connectivity index (χ3v) is 8.85. The van der Waals surface area contributed by atoms with Gasteiger partial charge in [-0.1, -0.05) is 38.1 Å². The minimum atomic E-state index is -0.428. The van der Waals surface area contributed by atoms with Crippen molar-refractivity contribution in [3.8, 4) is 5.75 Å². The molecule has 250 valence electrons. The highest BCUT2D eigenvalue weighted by atomic mass is 16.6. The number of fused-ring (bicyclic) bond motifs is 1. The van der Waals surface area contributed by atoms with Crippen molar-refractivity contribution < 1.29 is 23.8 Å². The first-order valence-corrected chi connectivity index (χ1v) is 16.7. The van der Waals surface area contributed by atoms with E-state index in [4.69, 9.17) is 14.2 Å². The zero-order valence-electron chi connectivity index (χ0n) is 28.0. The Balaban J connectivity index is 1.11. The number of likely N-dealkylation sites (tertiary alicyclic amines) is 1. The van der Waals surface area contributed by atoms with Crippen LogP contribution in [0, 0.1) is 18.8 Å². The van der Waals surface area contributed by atoms with Crippen molar-refractivity contribution in [3.05, 3.63) is 84.2 Å². The molecule has 2 aromatic carbocycles. The molecule has 5 rings (SSSR count). The van der Waals surface area contributed by atoms with Gasteiger partial charge in [-0.15, -0.1) is 0 Å². The van der Waals surface area contributed by atoms with Gasteiger partial charge >= 0.3 is 11.9 Å². The third kappa shape index (κ3) is 9.32. The SMILES string of the molecule is CCC(=O)OCC(Cc1cn(C)cn1)C(CC)C(=O)OCCOc1cc(CN2CC[C@@H](Nc3cccc4cnccc34)C2)ccc1C. The summed E-state index contributed by atoms with van der Waals surface area (Å²) in [5.41, 5.74) is 4.21. The van der Waals surface area contributed by atoms with Gasteiger partial charge in [0, 0.05) is 80.1 Å². The van der Waals surface area contributed by atoms with Crippen LogP contribution in [-0.2, 0) is 39.1 Å². The number of hydrogen-bond donors (Lipinski definition) is 1. The zero-order valence-corrected chi connectivity index (χ0v) is 28.0. The number of carbonyl (C=O) groups is 2. The van der Waals surface area contributed by atoms with E-state index < -0.39 is 5.92 Å². The average molecular weight is 642 g/mol. The molecule has 2 aromatic heterocycles. The van der Waals surface area contributed by atoms with E-state index in [1.807, 2.05) is 44.1 Å². The van der Waals surface area contributed by atoms with Gasteiger partial charge in [0.05, 0.1) is 24.5 Å². The molecule has 47 heavy (non-hydrogen) atoms. The lowest BCUT2D eigenvalue weighted by molar-refractivity contribution is -0.155. The van der Waals surface area contributed by atoms with Crippen LogP contribution in [0.4, 0.5) is 5.69 Å². The van der Waals surface area contributed by atoms with Crippen molar-refractivity contribution in [2.45, 2.75) is 59.0 Å². The second-order valence-electron chi connectivity index (χ2n) is 12.4. The van der Waals surface area contributed by atoms with E-state index >= 15 is 0 Å². The normalized spacial score (nSPS) is 16.1. The first kappa shape index (κ1) is 33.9. The molecule has 1 saturated heterocycles. The molecule has 1 fully saturated rings. The van der Waals surface area contributed by atoms with E-state index in [1.165, 1.54) is 10.9 Å². The molecule has 0 saturated carbocycles. The van der Waals surface area contributed by atoms with Crippen LogP contribution in [0.2, 0.25) is 0 Å². The highest BCUT2D eigenvalue weighted by Gasteiger charge is 2.30. The van der Waals surface area contributed by atoms with E-state index in [1.54, 1.807) is 13.3 Å². The van der Waals surface area contributed by atoms with Crippen molar-refractivity contribution in [1.29, 1.82) is 0 Å². The lowest BCUT2D eigenvalue weighted by Crippen LogP contribution is -2.32. The summed E-state index contributed by atoms with van der Waals surface area (Å²) >= 11 is 0. The van der Waals surface area contributed by atoms with Gasteiger partial charge in [0.25, 0.3) is 0 Å². The summed E-state index contributed by atoms with van der Waals surface area (Å²) in [4.78, 5) is 36.2. The molecular formula is C37H47N5O5. The van der Waals surface area contributed by atoms with Gasteiger partial charge < -0.3 is 24.1 Å². The third-order valence-electron chi connectivity index (χ3n) is 8.85. The monoisotopic (exact) mass is 641 g/mol. The highest BCUT2D eigenvalue weighted by Crippen LogP contribution is 2.27. The zero-order chi connectivity index (χ0) is 33.2. The molecule has 0 amide bonds. The molecule has 3 heterocycles. The number of aryl methyl sites for hydroxylation is 2. The minimum Gasteiger partial charge on any atom is -0.490 e. The molecule has 0 radical (unpaired) electrons. The second kappa shape index (κ2) is 16.4. The number of rotatable bonds is 16. The van der Waals surface area contributed by atoms with Crippen LogP contribution < -0.4 is 10.1 Å². The number of anilines is 1. The number of hydrogen-bond acceptors (Lipinski definition) is 9. The largest absolute Gasteiger partial charge is 0.490 e. The smallest absolute Gasteiger partial charge is 0.309 e. The Morgan fingerprint density at radius 3 is 2.77 bits per heavy atom. The fraction of sp³-hybridized carbons (Fsp3) is 0.459. The summed E-state index contributed by atoms with van der Waals surface area (Å²) in [6.45, 7) is 9.06. The van der Waals surface area contributed by atoms with Gasteiger partial charge in [0.1, 0.15) is 19.0 Å². The van der Waals surface area contributed by atoms with Gasteiger partial charge in [0.15, 0.2) is 0 Å². The molecule has 10 nitrogen and oxygen atoms in total. The van der Waals surface area contributed by atoms with E-state index in [0.29, 0.717) is 18.9 Å². The van der Waals surface area contributed by atoms with Crippen molar-refractivity contribution in [1.82, 2.24) is 19.4 Å². The predicted molar refractivity (Wildman–Crippen MR) is 182 cm³/mol. The topological polar surface area (TPSA) is 108 Å². The Kier molecular flexibility index (Phi) is 11.8. The number of carbonyl (C=O) groups excluding carboxylic acids is 2. The van der Waals surface area contributed by atoms with Crippen LogP contribution >= 0.6 is 0 Å². The maximum atomic E-state index is 13.2. The molecule has 10 heteroatoms. The second-order valence-corrected chi connectivity index (χ2v) is 12.4. The molecule has 0 bridgehead atoms. The average Bonchev–Trinajstić information content (AvgIpc) is 3.71. The Labute approximate surface area is 277 Å². The summed E-state index contributed by atoms with van der Waals surface area (Å²) in [6, 6.07) is 15.1. The van der Waals surface area contributed by atoms with Crippen LogP contribution in [0.1, 0.15) is 49.9 Å². The number of ether oxygens (including phenoxy) is 3. The Bertz CT molecular complexity index is 1630. The standard InChI is InChI=1S/C37H47N5O5/c1-5-32(29(24-47-36(43)6-2)19-31-22-41(4)25-39-31)37(44)46-17-16-45-35-18-27(11-10-26(35)3)21-42-15-13-30(23-42)40-34-9-7-8-28-20-38-14-12-33(28)34/h7-12,14,18,20,22,25,29-30,32,40H,5-6,13,15-17,19,21,23-24H2,1-4H3/t29?,30-,32?/m1/s1. The van der Waals surface area contributed by atoms with E-state index in [2.05, 4.69) is 62.6 Å². The summed E-state index contributed by atoms with van der Waals surface area (Å²) in [5.74, 6) is -0.466. The molecule has 2 unspecified atom stereocenters. The van der Waals surface area contributed by atoms with Crippen molar-refractivity contribution in [2.24, 2.45) is 18.9 Å². The first-order valence-electron chi connectivity index (χ1n) is 16.7. The molecule has 0 spiro atoms. The van der Waals surface area contributed by atoms with Gasteiger partial charge in [-0.3, -0.25) is 19.5 Å². The van der Waals surface area contributed by atoms with E-state index in [-0.39, 0.29) is 44.1 Å². The molecule has 0 aliphatic carbocycles. The van der Waals surface area contributed by atoms with E-state index in [0.717, 1.165) is 54.1 Å². The Hall–Kier alpha value is -4.44. The van der Waals surface area contributed by atoms with Crippen molar-refractivity contribution >= 4 is 28.4 Å². The Morgan fingerprint density at radius 1 is 1.11 bits per heavy atom. The van der Waals surface area contributed by atoms with Gasteiger partial charge in [-0.05, 0) is 55.5 Å². The number of nitrogens with one attached hydrogen (secondary N) is 1. The maximum Gasteiger partial charge on any atom is 0.309 e. The minimum absolute atomic E-state index is 0.133. The Morgan fingerprint density at radius 2 is 1.98 bits per heavy atom. The molecule has 1 aliphatic heterocycles. The molecule has 1 aliphatic rings. The number of imidazole rings is 1. The fourth-order valence-electron chi connectivity index (χ4n) is 6.27. The number of pyridine rings is 1. The number of nitrogens with zero attached hydrogens (tertiary/aromatic N) is 4. The van der Waals surface area contributed by atoms with E-state index in [9.17, 15) is 9.59 Å². The summed E-state index contributed by atoms with van der Waals surface area (Å²) < 4.78 is 19.1. The highest BCUT2D eigenvalue weighted by molar-refractivity contribution is 5.93. The maximum absolute atomic E-state index is 13.2. The van der Waals surface area contributed by atoms with Crippen LogP contribution in [0.25, 0.3) is 10.8 Å². The lowest BCUT2D eigenvalue weighted by Gasteiger charge is -2.24. The molecule has 3 atom stereocenters. The number of esters is 2. The molecular weight excluding hydrogens is 594 g/mol. The first-order chi connectivity index (χ1) is 22.8. The molecule has 4 aromatic rings. The molecule has 1 N–H and O–H groups in total. The van der Waals surface area contributed by atoms with Crippen molar-refractivity contribution in [3.63, 3.8) is 0 Å². The lowest BCUT2D eigenvalue weighted by atomic mass is 9.87. The van der Waals surface area contributed by atoms with Crippen LogP contribution in [-0.4, -0.2) is 70.3 Å².